The van der Waals surface area contributed by atoms with Gasteiger partial charge in [0.1, 0.15) is 0 Å². The molecule has 0 aliphatic carbocycles. The number of aromatic nitrogens is 2. The van der Waals surface area contributed by atoms with Crippen LogP contribution in [0.5, 0.6) is 0 Å². The van der Waals surface area contributed by atoms with Crippen LogP contribution in [-0.2, 0) is 11.2 Å². The summed E-state index contributed by atoms with van der Waals surface area (Å²) in [5, 5.41) is 2.75. The molecule has 0 saturated carbocycles. The van der Waals surface area contributed by atoms with E-state index in [-0.39, 0.29) is 5.91 Å². The second-order valence-corrected chi connectivity index (χ2v) is 5.05. The summed E-state index contributed by atoms with van der Waals surface area (Å²) < 4.78 is 4.90. The van der Waals surface area contributed by atoms with E-state index in [0.717, 1.165) is 18.7 Å². The lowest BCUT2D eigenvalue weighted by Gasteiger charge is -2.16. The van der Waals surface area contributed by atoms with Crippen LogP contribution >= 0.6 is 0 Å². The highest BCUT2D eigenvalue weighted by atomic mass is 16.5. The zero-order valence-corrected chi connectivity index (χ0v) is 12.5. The molecule has 2 aromatic rings. The minimum atomic E-state index is -0.189. The summed E-state index contributed by atoms with van der Waals surface area (Å²) in [6, 6.07) is 8.23. The van der Waals surface area contributed by atoms with Crippen LogP contribution in [0.15, 0.2) is 36.7 Å². The zero-order valence-electron chi connectivity index (χ0n) is 12.5. The number of carbonyl (C=O) groups excluding carboxylic acids is 1. The topological polar surface area (TPSA) is 67.3 Å². The van der Waals surface area contributed by atoms with Crippen LogP contribution in [0.25, 0.3) is 0 Å². The van der Waals surface area contributed by atoms with Gasteiger partial charge < -0.3 is 15.0 Å². The van der Waals surface area contributed by atoms with Crippen molar-refractivity contribution < 1.29 is 9.53 Å². The third-order valence-electron chi connectivity index (χ3n) is 3.62. The number of nitrogens with one attached hydrogen (secondary N) is 1. The monoisotopic (exact) mass is 298 g/mol. The first-order chi connectivity index (χ1) is 10.8. The molecular formula is C16H18N4O2. The van der Waals surface area contributed by atoms with Crippen molar-refractivity contribution in [2.75, 3.05) is 31.7 Å². The molecule has 6 nitrogen and oxygen atoms in total. The molecule has 1 amide bonds. The van der Waals surface area contributed by atoms with Gasteiger partial charge in [0.25, 0.3) is 5.91 Å². The molecular weight excluding hydrogens is 280 g/mol. The lowest BCUT2D eigenvalue weighted by atomic mass is 10.2. The van der Waals surface area contributed by atoms with Crippen molar-refractivity contribution in [2.45, 2.75) is 6.42 Å². The van der Waals surface area contributed by atoms with Crippen molar-refractivity contribution in [3.05, 3.63) is 47.8 Å². The lowest BCUT2D eigenvalue weighted by molar-refractivity contribution is 0.0936. The van der Waals surface area contributed by atoms with Crippen molar-refractivity contribution in [3.63, 3.8) is 0 Å². The minimum absolute atomic E-state index is 0.189. The summed E-state index contributed by atoms with van der Waals surface area (Å²) in [4.78, 5) is 22.6. The second-order valence-electron chi connectivity index (χ2n) is 5.05. The third kappa shape index (κ3) is 2.92. The van der Waals surface area contributed by atoms with E-state index in [1.807, 2.05) is 12.1 Å². The Morgan fingerprint density at radius 1 is 1.32 bits per heavy atom. The molecule has 1 aromatic heterocycles. The first-order valence-electron chi connectivity index (χ1n) is 7.24. The minimum Gasteiger partial charge on any atom is -0.383 e. The number of nitrogens with zero attached hydrogens (tertiary/aromatic N) is 3. The molecule has 0 unspecified atom stereocenters. The SMILES string of the molecule is COCCNC(=O)c1cnc(N2CCc3ccccc32)nc1. The van der Waals surface area contributed by atoms with Gasteiger partial charge in [-0.3, -0.25) is 4.79 Å². The number of hydrogen-bond donors (Lipinski definition) is 1. The fourth-order valence-corrected chi connectivity index (χ4v) is 2.49. The molecule has 1 aliphatic heterocycles. The Morgan fingerprint density at radius 2 is 2.09 bits per heavy atom. The molecule has 0 bridgehead atoms. The van der Waals surface area contributed by atoms with Gasteiger partial charge in [0, 0.05) is 38.3 Å². The van der Waals surface area contributed by atoms with E-state index >= 15 is 0 Å². The third-order valence-corrected chi connectivity index (χ3v) is 3.62. The van der Waals surface area contributed by atoms with Gasteiger partial charge in [0.05, 0.1) is 12.2 Å². The van der Waals surface area contributed by atoms with E-state index in [1.54, 1.807) is 19.5 Å². The van der Waals surface area contributed by atoms with Crippen LogP contribution in [0.2, 0.25) is 0 Å². The molecule has 0 atom stereocenters. The fraction of sp³-hybridized carbons (Fsp3) is 0.312. The van der Waals surface area contributed by atoms with Crippen molar-refractivity contribution in [2.24, 2.45) is 0 Å². The Bertz CT molecular complexity index is 657. The number of anilines is 2. The molecule has 0 spiro atoms. The summed E-state index contributed by atoms with van der Waals surface area (Å²) in [6.45, 7) is 1.81. The van der Waals surface area contributed by atoms with Gasteiger partial charge in [-0.05, 0) is 18.1 Å². The average molecular weight is 298 g/mol. The summed E-state index contributed by atoms with van der Waals surface area (Å²) in [5.74, 6) is 0.434. The number of hydrogen-bond acceptors (Lipinski definition) is 5. The molecule has 1 N–H and O–H groups in total. The van der Waals surface area contributed by atoms with E-state index in [2.05, 4.69) is 32.3 Å². The van der Waals surface area contributed by atoms with Gasteiger partial charge in [-0.25, -0.2) is 9.97 Å². The quantitative estimate of drug-likeness (QED) is 0.848. The van der Waals surface area contributed by atoms with Gasteiger partial charge in [-0.15, -0.1) is 0 Å². The number of benzene rings is 1. The van der Waals surface area contributed by atoms with Crippen LogP contribution in [0.1, 0.15) is 15.9 Å². The number of ether oxygens (including phenoxy) is 1. The molecule has 0 fully saturated rings. The molecule has 0 saturated heterocycles. The molecule has 22 heavy (non-hydrogen) atoms. The number of rotatable bonds is 5. The van der Waals surface area contributed by atoms with Crippen LogP contribution < -0.4 is 10.2 Å². The maximum Gasteiger partial charge on any atom is 0.254 e. The Labute approximate surface area is 129 Å². The Morgan fingerprint density at radius 3 is 2.86 bits per heavy atom. The van der Waals surface area contributed by atoms with Gasteiger partial charge >= 0.3 is 0 Å². The summed E-state index contributed by atoms with van der Waals surface area (Å²) >= 11 is 0. The molecule has 1 aliphatic rings. The van der Waals surface area contributed by atoms with Gasteiger partial charge in [-0.1, -0.05) is 18.2 Å². The molecule has 0 radical (unpaired) electrons. The predicted molar refractivity (Wildman–Crippen MR) is 83.4 cm³/mol. The Kier molecular flexibility index (Phi) is 4.29. The summed E-state index contributed by atoms with van der Waals surface area (Å²) in [5.41, 5.74) is 2.89. The lowest BCUT2D eigenvalue weighted by Crippen LogP contribution is -2.27. The first kappa shape index (κ1) is 14.5. The van der Waals surface area contributed by atoms with Gasteiger partial charge in [0.2, 0.25) is 5.95 Å². The smallest absolute Gasteiger partial charge is 0.254 e. The number of methoxy groups -OCH3 is 1. The molecule has 3 rings (SSSR count). The number of fused-ring (bicyclic) bond motifs is 1. The Balaban J connectivity index is 1.71. The maximum atomic E-state index is 11.9. The summed E-state index contributed by atoms with van der Waals surface area (Å²) in [7, 11) is 1.60. The van der Waals surface area contributed by atoms with Crippen LogP contribution in [0.3, 0.4) is 0 Å². The van der Waals surface area contributed by atoms with Crippen LogP contribution in [-0.4, -0.2) is 42.7 Å². The first-order valence-corrected chi connectivity index (χ1v) is 7.24. The Hall–Kier alpha value is -2.47. The van der Waals surface area contributed by atoms with Crippen LogP contribution in [0, 0.1) is 0 Å². The average Bonchev–Trinajstić information content (AvgIpc) is 2.99. The molecule has 1 aromatic carbocycles. The van der Waals surface area contributed by atoms with E-state index in [4.69, 9.17) is 4.74 Å². The van der Waals surface area contributed by atoms with E-state index < -0.39 is 0 Å². The van der Waals surface area contributed by atoms with Crippen LogP contribution in [0.4, 0.5) is 11.6 Å². The van der Waals surface area contributed by atoms with E-state index in [0.29, 0.717) is 24.7 Å². The van der Waals surface area contributed by atoms with E-state index in [9.17, 15) is 4.79 Å². The number of para-hydroxylation sites is 1. The molecule has 114 valence electrons. The number of carbonyl (C=O) groups is 1. The molecule has 6 heteroatoms. The predicted octanol–water partition coefficient (Wildman–Crippen LogP) is 1.55. The normalized spacial score (nSPS) is 13.0. The van der Waals surface area contributed by atoms with Crippen molar-refractivity contribution >= 4 is 17.5 Å². The van der Waals surface area contributed by atoms with Gasteiger partial charge in [-0.2, -0.15) is 0 Å². The largest absolute Gasteiger partial charge is 0.383 e. The van der Waals surface area contributed by atoms with Crippen molar-refractivity contribution in [3.8, 4) is 0 Å². The fourth-order valence-electron chi connectivity index (χ4n) is 2.49. The highest BCUT2D eigenvalue weighted by Gasteiger charge is 2.21. The van der Waals surface area contributed by atoms with Gasteiger partial charge in [0.15, 0.2) is 0 Å². The van der Waals surface area contributed by atoms with Crippen molar-refractivity contribution in [1.29, 1.82) is 0 Å². The molecule has 2 heterocycles. The second kappa shape index (κ2) is 6.53. The highest BCUT2D eigenvalue weighted by molar-refractivity contribution is 5.93. The summed E-state index contributed by atoms with van der Waals surface area (Å²) in [6.07, 6.45) is 4.11. The van der Waals surface area contributed by atoms with E-state index in [1.165, 1.54) is 5.56 Å². The standard InChI is InChI=1S/C16H18N4O2/c1-22-9-7-17-15(21)13-10-18-16(19-11-13)20-8-6-12-4-2-3-5-14(12)20/h2-5,10-11H,6-9H2,1H3,(H,17,21). The van der Waals surface area contributed by atoms with Crippen molar-refractivity contribution in [1.82, 2.24) is 15.3 Å². The number of amides is 1. The zero-order chi connectivity index (χ0) is 15.4. The highest BCUT2D eigenvalue weighted by Crippen LogP contribution is 2.31. The maximum absolute atomic E-state index is 11.9.